The Labute approximate surface area is 95.8 Å². The van der Waals surface area contributed by atoms with Gasteiger partial charge in [-0.15, -0.1) is 0 Å². The number of hydrogen-bond donors (Lipinski definition) is 2. The van der Waals surface area contributed by atoms with E-state index in [-0.39, 0.29) is 18.0 Å². The van der Waals surface area contributed by atoms with Crippen molar-refractivity contribution in [3.8, 4) is 0 Å². The van der Waals surface area contributed by atoms with Gasteiger partial charge in [-0.25, -0.2) is 4.79 Å². The fourth-order valence-electron chi connectivity index (χ4n) is 2.11. The van der Waals surface area contributed by atoms with Gasteiger partial charge in [0.05, 0.1) is 5.92 Å². The van der Waals surface area contributed by atoms with Crippen LogP contribution in [0.2, 0.25) is 0 Å². The van der Waals surface area contributed by atoms with Gasteiger partial charge in [0.1, 0.15) is 0 Å². The van der Waals surface area contributed by atoms with Crippen LogP contribution in [0.5, 0.6) is 0 Å². The minimum absolute atomic E-state index is 0.0224. The first-order valence-electron chi connectivity index (χ1n) is 5.86. The molecule has 0 bridgehead atoms. The molecule has 0 aromatic carbocycles. The number of aliphatic carboxylic acids is 1. The number of carbonyl (C=O) groups is 2. The molecule has 0 aromatic heterocycles. The van der Waals surface area contributed by atoms with E-state index in [1.165, 1.54) is 0 Å². The zero-order valence-electron chi connectivity index (χ0n) is 9.90. The quantitative estimate of drug-likeness (QED) is 0.761. The maximum Gasteiger partial charge on any atom is 0.317 e. The number of urea groups is 1. The third-order valence-electron chi connectivity index (χ3n) is 3.16. The number of hydrogen-bond acceptors (Lipinski definition) is 2. The Kier molecular flexibility index (Phi) is 4.58. The van der Waals surface area contributed by atoms with E-state index in [4.69, 9.17) is 5.11 Å². The van der Waals surface area contributed by atoms with Crippen LogP contribution >= 0.6 is 0 Å². The van der Waals surface area contributed by atoms with E-state index in [0.717, 1.165) is 6.42 Å². The van der Waals surface area contributed by atoms with Crippen LogP contribution in [0.1, 0.15) is 33.1 Å². The first kappa shape index (κ1) is 12.8. The average Bonchev–Trinajstić information content (AvgIpc) is 2.68. The van der Waals surface area contributed by atoms with E-state index in [9.17, 15) is 9.59 Å². The lowest BCUT2D eigenvalue weighted by molar-refractivity contribution is -0.141. The minimum Gasteiger partial charge on any atom is -0.481 e. The molecule has 0 radical (unpaired) electrons. The van der Waals surface area contributed by atoms with E-state index in [1.54, 1.807) is 4.90 Å². The van der Waals surface area contributed by atoms with E-state index in [0.29, 0.717) is 25.9 Å². The zero-order chi connectivity index (χ0) is 12.1. The van der Waals surface area contributed by atoms with Crippen LogP contribution in [-0.4, -0.2) is 41.1 Å². The van der Waals surface area contributed by atoms with E-state index < -0.39 is 5.97 Å². The van der Waals surface area contributed by atoms with Gasteiger partial charge in [0.15, 0.2) is 0 Å². The molecular weight excluding hydrogens is 208 g/mol. The van der Waals surface area contributed by atoms with E-state index in [1.807, 2.05) is 13.8 Å². The SMILES string of the molecule is CCN(CC)C(=O)N[C@H]1CC[C@@H](C(=O)O)C1. The van der Waals surface area contributed by atoms with Gasteiger partial charge in [0.25, 0.3) is 0 Å². The summed E-state index contributed by atoms with van der Waals surface area (Å²) in [4.78, 5) is 24.2. The molecule has 0 aliphatic heterocycles. The second kappa shape index (κ2) is 5.72. The summed E-state index contributed by atoms with van der Waals surface area (Å²) in [6.45, 7) is 5.21. The predicted molar refractivity (Wildman–Crippen MR) is 60.2 cm³/mol. The predicted octanol–water partition coefficient (Wildman–Crippen LogP) is 1.29. The summed E-state index contributed by atoms with van der Waals surface area (Å²) in [7, 11) is 0. The minimum atomic E-state index is -0.750. The number of rotatable bonds is 4. The van der Waals surface area contributed by atoms with Crippen molar-refractivity contribution in [2.45, 2.75) is 39.2 Å². The van der Waals surface area contributed by atoms with Gasteiger partial charge in [-0.3, -0.25) is 4.79 Å². The summed E-state index contributed by atoms with van der Waals surface area (Å²) in [6.07, 6.45) is 1.99. The summed E-state index contributed by atoms with van der Waals surface area (Å²) in [5, 5.41) is 11.7. The monoisotopic (exact) mass is 228 g/mol. The van der Waals surface area contributed by atoms with Gasteiger partial charge in [0.2, 0.25) is 0 Å². The molecule has 2 atom stereocenters. The van der Waals surface area contributed by atoms with Crippen molar-refractivity contribution in [3.63, 3.8) is 0 Å². The summed E-state index contributed by atoms with van der Waals surface area (Å²) in [6, 6.07) is -0.0600. The van der Waals surface area contributed by atoms with Crippen LogP contribution in [0.4, 0.5) is 4.79 Å². The molecule has 0 spiro atoms. The number of carbonyl (C=O) groups excluding carboxylic acids is 1. The Bertz CT molecular complexity index is 264. The van der Waals surface area contributed by atoms with Gasteiger partial charge in [-0.1, -0.05) is 0 Å². The number of carboxylic acid groups (broad SMARTS) is 1. The van der Waals surface area contributed by atoms with Crippen molar-refractivity contribution in [1.29, 1.82) is 0 Å². The second-order valence-corrected chi connectivity index (χ2v) is 4.17. The van der Waals surface area contributed by atoms with Crippen LogP contribution < -0.4 is 5.32 Å². The van der Waals surface area contributed by atoms with Gasteiger partial charge in [-0.05, 0) is 33.1 Å². The summed E-state index contributed by atoms with van der Waals surface area (Å²) in [5.74, 6) is -1.04. The second-order valence-electron chi connectivity index (χ2n) is 4.17. The first-order valence-corrected chi connectivity index (χ1v) is 5.86. The lowest BCUT2D eigenvalue weighted by atomic mass is 10.1. The van der Waals surface area contributed by atoms with Crippen LogP contribution in [0, 0.1) is 5.92 Å². The van der Waals surface area contributed by atoms with Crippen LogP contribution in [0.3, 0.4) is 0 Å². The van der Waals surface area contributed by atoms with Crippen molar-refractivity contribution in [2.24, 2.45) is 5.92 Å². The molecule has 5 heteroatoms. The highest BCUT2D eigenvalue weighted by Gasteiger charge is 2.30. The molecular formula is C11H20N2O3. The maximum absolute atomic E-state index is 11.7. The summed E-state index contributed by atoms with van der Waals surface area (Å²) >= 11 is 0. The molecule has 92 valence electrons. The molecule has 1 aliphatic rings. The highest BCUT2D eigenvalue weighted by molar-refractivity contribution is 5.75. The van der Waals surface area contributed by atoms with E-state index >= 15 is 0 Å². The lowest BCUT2D eigenvalue weighted by Crippen LogP contribution is -2.44. The van der Waals surface area contributed by atoms with Crippen molar-refractivity contribution >= 4 is 12.0 Å². The third kappa shape index (κ3) is 3.12. The Hall–Kier alpha value is -1.26. The molecule has 0 saturated heterocycles. The molecule has 0 unspecified atom stereocenters. The molecule has 0 aromatic rings. The van der Waals surface area contributed by atoms with Gasteiger partial charge >= 0.3 is 12.0 Å². The Morgan fingerprint density at radius 1 is 1.31 bits per heavy atom. The maximum atomic E-state index is 11.7. The largest absolute Gasteiger partial charge is 0.481 e. The molecule has 2 amide bonds. The Balaban J connectivity index is 2.39. The van der Waals surface area contributed by atoms with Crippen LogP contribution in [-0.2, 0) is 4.79 Å². The Morgan fingerprint density at radius 3 is 2.38 bits per heavy atom. The number of amides is 2. The van der Waals surface area contributed by atoms with Crippen molar-refractivity contribution in [2.75, 3.05) is 13.1 Å². The molecule has 16 heavy (non-hydrogen) atoms. The standard InChI is InChI=1S/C11H20N2O3/c1-3-13(4-2)11(16)12-9-6-5-8(7-9)10(14)15/h8-9H,3-7H2,1-2H3,(H,12,16)(H,14,15)/t8-,9+/m1/s1. The first-order chi connectivity index (χ1) is 7.58. The third-order valence-corrected chi connectivity index (χ3v) is 3.16. The molecule has 1 fully saturated rings. The van der Waals surface area contributed by atoms with Gasteiger partial charge in [0, 0.05) is 19.1 Å². The lowest BCUT2D eigenvalue weighted by Gasteiger charge is -2.22. The average molecular weight is 228 g/mol. The van der Waals surface area contributed by atoms with Crippen molar-refractivity contribution in [1.82, 2.24) is 10.2 Å². The van der Waals surface area contributed by atoms with Crippen molar-refractivity contribution < 1.29 is 14.7 Å². The van der Waals surface area contributed by atoms with Crippen molar-refractivity contribution in [3.05, 3.63) is 0 Å². The van der Waals surface area contributed by atoms with Crippen LogP contribution in [0.25, 0.3) is 0 Å². The summed E-state index contributed by atoms with van der Waals surface area (Å²) in [5.41, 5.74) is 0. The Morgan fingerprint density at radius 2 is 1.94 bits per heavy atom. The number of carboxylic acids is 1. The van der Waals surface area contributed by atoms with E-state index in [2.05, 4.69) is 5.32 Å². The van der Waals surface area contributed by atoms with Gasteiger partial charge in [-0.2, -0.15) is 0 Å². The molecule has 1 aliphatic carbocycles. The topological polar surface area (TPSA) is 69.6 Å². The molecule has 1 rings (SSSR count). The summed E-state index contributed by atoms with van der Waals surface area (Å²) < 4.78 is 0. The van der Waals surface area contributed by atoms with Gasteiger partial charge < -0.3 is 15.3 Å². The van der Waals surface area contributed by atoms with Crippen LogP contribution in [0.15, 0.2) is 0 Å². The zero-order valence-corrected chi connectivity index (χ0v) is 9.90. The molecule has 0 heterocycles. The fraction of sp³-hybridized carbons (Fsp3) is 0.818. The highest BCUT2D eigenvalue weighted by Crippen LogP contribution is 2.25. The normalized spacial score (nSPS) is 24.1. The fourth-order valence-corrected chi connectivity index (χ4v) is 2.11. The highest BCUT2D eigenvalue weighted by atomic mass is 16.4. The number of nitrogens with one attached hydrogen (secondary N) is 1. The molecule has 2 N–H and O–H groups in total. The molecule has 1 saturated carbocycles. The smallest absolute Gasteiger partial charge is 0.317 e. The molecule has 5 nitrogen and oxygen atoms in total. The number of nitrogens with zero attached hydrogens (tertiary/aromatic N) is 1.